The summed E-state index contributed by atoms with van der Waals surface area (Å²) in [6.07, 6.45) is 1.63. The molecule has 2 N–H and O–H groups in total. The highest BCUT2D eigenvalue weighted by atomic mass is 16.5. The summed E-state index contributed by atoms with van der Waals surface area (Å²) in [6, 6.07) is 20.9. The Balaban J connectivity index is 1.59. The van der Waals surface area contributed by atoms with Crippen molar-refractivity contribution in [2.24, 2.45) is 0 Å². The van der Waals surface area contributed by atoms with Crippen LogP contribution in [0.3, 0.4) is 0 Å². The molecule has 144 valence electrons. The fourth-order valence-corrected chi connectivity index (χ4v) is 2.64. The number of anilines is 2. The highest BCUT2D eigenvalue weighted by molar-refractivity contribution is 6.03. The molecule has 0 saturated heterocycles. The first-order chi connectivity index (χ1) is 13.4. The molecule has 3 aromatic rings. The number of benzene rings is 2. The van der Waals surface area contributed by atoms with Crippen LogP contribution >= 0.6 is 0 Å². The molecule has 0 spiro atoms. The average molecular weight is 375 g/mol. The van der Waals surface area contributed by atoms with Crippen molar-refractivity contribution < 1.29 is 9.53 Å². The number of amides is 1. The molecule has 0 radical (unpaired) electrons. The Morgan fingerprint density at radius 3 is 2.36 bits per heavy atom. The molecule has 5 nitrogen and oxygen atoms in total. The van der Waals surface area contributed by atoms with Crippen molar-refractivity contribution in [1.29, 1.82) is 0 Å². The van der Waals surface area contributed by atoms with Crippen molar-refractivity contribution in [1.82, 2.24) is 4.98 Å². The molecule has 0 aliphatic carbocycles. The minimum Gasteiger partial charge on any atom is -0.489 e. The Labute approximate surface area is 165 Å². The summed E-state index contributed by atoms with van der Waals surface area (Å²) in [5.74, 6) is 0.492. The second kappa shape index (κ2) is 8.57. The molecule has 2 aromatic carbocycles. The number of carbonyl (C=O) groups excluding carboxylic acids is 1. The van der Waals surface area contributed by atoms with E-state index in [-0.39, 0.29) is 11.4 Å². The molecule has 0 atom stereocenters. The summed E-state index contributed by atoms with van der Waals surface area (Å²) < 4.78 is 5.77. The van der Waals surface area contributed by atoms with Gasteiger partial charge < -0.3 is 15.4 Å². The van der Waals surface area contributed by atoms with E-state index in [1.807, 2.05) is 60.7 Å². The zero-order chi connectivity index (χ0) is 20.0. The molecule has 1 heterocycles. The van der Waals surface area contributed by atoms with Crippen molar-refractivity contribution in [3.63, 3.8) is 0 Å². The number of ether oxygens (including phenoxy) is 1. The quantitative estimate of drug-likeness (QED) is 0.627. The molecule has 28 heavy (non-hydrogen) atoms. The third-order valence-electron chi connectivity index (χ3n) is 3.87. The molecule has 0 aliphatic heterocycles. The third kappa shape index (κ3) is 5.84. The molecule has 5 heteroatoms. The average Bonchev–Trinajstić information content (AvgIpc) is 2.67. The van der Waals surface area contributed by atoms with Crippen molar-refractivity contribution in [2.45, 2.75) is 32.9 Å². The number of rotatable bonds is 6. The van der Waals surface area contributed by atoms with E-state index in [9.17, 15) is 4.79 Å². The van der Waals surface area contributed by atoms with E-state index in [0.717, 1.165) is 17.0 Å². The van der Waals surface area contributed by atoms with Gasteiger partial charge in [-0.05, 0) is 62.7 Å². The van der Waals surface area contributed by atoms with E-state index >= 15 is 0 Å². The smallest absolute Gasteiger partial charge is 0.274 e. The lowest BCUT2D eigenvalue weighted by Crippen LogP contribution is -2.26. The van der Waals surface area contributed by atoms with Crippen LogP contribution in [0.4, 0.5) is 11.4 Å². The molecular weight excluding hydrogens is 350 g/mol. The van der Waals surface area contributed by atoms with Gasteiger partial charge in [0.15, 0.2) is 0 Å². The first kappa shape index (κ1) is 19.4. The van der Waals surface area contributed by atoms with Gasteiger partial charge in [-0.3, -0.25) is 9.78 Å². The summed E-state index contributed by atoms with van der Waals surface area (Å²) in [7, 11) is 0. The molecule has 1 aromatic heterocycles. The number of pyridine rings is 1. The Morgan fingerprint density at radius 1 is 0.964 bits per heavy atom. The largest absolute Gasteiger partial charge is 0.489 e. The van der Waals surface area contributed by atoms with Gasteiger partial charge in [0.25, 0.3) is 5.91 Å². The number of nitrogens with zero attached hydrogens (tertiary/aromatic N) is 1. The van der Waals surface area contributed by atoms with Crippen LogP contribution in [0.15, 0.2) is 72.9 Å². The van der Waals surface area contributed by atoms with Crippen LogP contribution in [0.2, 0.25) is 0 Å². The van der Waals surface area contributed by atoms with Gasteiger partial charge in [-0.2, -0.15) is 0 Å². The molecule has 0 aliphatic rings. The standard InChI is InChI=1S/C23H25N3O2/c1-23(2,3)26-19-13-14-24-21(15-19)22(27)25-18-9-11-20(12-10-18)28-16-17-7-5-4-6-8-17/h4-15H,16H2,1-3H3,(H,24,26)(H,25,27). The summed E-state index contributed by atoms with van der Waals surface area (Å²) in [5.41, 5.74) is 2.92. The van der Waals surface area contributed by atoms with Crippen LogP contribution in [0.1, 0.15) is 36.8 Å². The number of hydrogen-bond donors (Lipinski definition) is 2. The van der Waals surface area contributed by atoms with Gasteiger partial charge in [0.1, 0.15) is 18.1 Å². The van der Waals surface area contributed by atoms with Crippen molar-refractivity contribution in [3.8, 4) is 5.75 Å². The Hall–Kier alpha value is -3.34. The maximum atomic E-state index is 12.5. The minimum absolute atomic E-state index is 0.0926. The topological polar surface area (TPSA) is 63.2 Å². The van der Waals surface area contributed by atoms with Gasteiger partial charge in [0.2, 0.25) is 0 Å². The molecule has 0 fully saturated rings. The maximum Gasteiger partial charge on any atom is 0.274 e. The Bertz CT molecular complexity index is 917. The van der Waals surface area contributed by atoms with Crippen molar-refractivity contribution >= 4 is 17.3 Å². The summed E-state index contributed by atoms with van der Waals surface area (Å²) in [4.78, 5) is 16.7. The number of aromatic nitrogens is 1. The second-order valence-electron chi connectivity index (χ2n) is 7.56. The Morgan fingerprint density at radius 2 is 1.68 bits per heavy atom. The molecule has 1 amide bonds. The van der Waals surface area contributed by atoms with Gasteiger partial charge in [0, 0.05) is 23.1 Å². The summed E-state index contributed by atoms with van der Waals surface area (Å²) in [6.45, 7) is 6.70. The number of hydrogen-bond acceptors (Lipinski definition) is 4. The van der Waals surface area contributed by atoms with Crippen LogP contribution in [0.25, 0.3) is 0 Å². The van der Waals surface area contributed by atoms with Crippen LogP contribution in [-0.4, -0.2) is 16.4 Å². The van der Waals surface area contributed by atoms with Gasteiger partial charge in [-0.25, -0.2) is 0 Å². The predicted molar refractivity (Wildman–Crippen MR) is 113 cm³/mol. The van der Waals surface area contributed by atoms with Gasteiger partial charge in [0.05, 0.1) is 0 Å². The highest BCUT2D eigenvalue weighted by Crippen LogP contribution is 2.19. The van der Waals surface area contributed by atoms with Crippen LogP contribution in [-0.2, 0) is 6.61 Å². The highest BCUT2D eigenvalue weighted by Gasteiger charge is 2.12. The van der Waals surface area contributed by atoms with E-state index in [1.54, 1.807) is 12.3 Å². The van der Waals surface area contributed by atoms with E-state index in [1.165, 1.54) is 0 Å². The lowest BCUT2D eigenvalue weighted by molar-refractivity contribution is 0.102. The number of nitrogens with one attached hydrogen (secondary N) is 2. The number of carbonyl (C=O) groups is 1. The Kier molecular flexibility index (Phi) is 5.94. The van der Waals surface area contributed by atoms with Crippen LogP contribution in [0.5, 0.6) is 5.75 Å². The first-order valence-corrected chi connectivity index (χ1v) is 9.21. The third-order valence-corrected chi connectivity index (χ3v) is 3.87. The fraction of sp³-hybridized carbons (Fsp3) is 0.217. The van der Waals surface area contributed by atoms with E-state index < -0.39 is 0 Å². The lowest BCUT2D eigenvalue weighted by Gasteiger charge is -2.22. The maximum absolute atomic E-state index is 12.5. The monoisotopic (exact) mass is 375 g/mol. The first-order valence-electron chi connectivity index (χ1n) is 9.21. The molecule has 3 rings (SSSR count). The van der Waals surface area contributed by atoms with Gasteiger partial charge >= 0.3 is 0 Å². The molecular formula is C23H25N3O2. The van der Waals surface area contributed by atoms with Crippen LogP contribution < -0.4 is 15.4 Å². The molecule has 0 saturated carbocycles. The molecule has 0 bridgehead atoms. The second-order valence-corrected chi connectivity index (χ2v) is 7.56. The van der Waals surface area contributed by atoms with Crippen molar-refractivity contribution in [3.05, 3.63) is 84.2 Å². The zero-order valence-electron chi connectivity index (χ0n) is 16.4. The normalized spacial score (nSPS) is 11.0. The predicted octanol–water partition coefficient (Wildman–Crippen LogP) is 5.12. The van der Waals surface area contributed by atoms with Gasteiger partial charge in [-0.1, -0.05) is 30.3 Å². The molecule has 0 unspecified atom stereocenters. The summed E-state index contributed by atoms with van der Waals surface area (Å²) >= 11 is 0. The lowest BCUT2D eigenvalue weighted by atomic mass is 10.1. The SMILES string of the molecule is CC(C)(C)Nc1ccnc(C(=O)Nc2ccc(OCc3ccccc3)cc2)c1. The van der Waals surface area contributed by atoms with E-state index in [0.29, 0.717) is 18.0 Å². The van der Waals surface area contributed by atoms with Gasteiger partial charge in [-0.15, -0.1) is 0 Å². The van der Waals surface area contributed by atoms with Crippen LogP contribution in [0, 0.1) is 0 Å². The zero-order valence-corrected chi connectivity index (χ0v) is 16.4. The van der Waals surface area contributed by atoms with Crippen molar-refractivity contribution in [2.75, 3.05) is 10.6 Å². The fourth-order valence-electron chi connectivity index (χ4n) is 2.64. The summed E-state index contributed by atoms with van der Waals surface area (Å²) in [5, 5.41) is 6.20. The van der Waals surface area contributed by atoms with E-state index in [4.69, 9.17) is 4.74 Å². The minimum atomic E-state index is -0.254. The van der Waals surface area contributed by atoms with E-state index in [2.05, 4.69) is 36.4 Å².